The van der Waals surface area contributed by atoms with Crippen molar-refractivity contribution in [2.75, 3.05) is 6.61 Å². The number of carbonyl (C=O) groups is 2. The number of carboxylic acids is 1. The zero-order valence-electron chi connectivity index (χ0n) is 17.0. The summed E-state index contributed by atoms with van der Waals surface area (Å²) in [6.45, 7) is 18.9. The third kappa shape index (κ3) is 37.2. The van der Waals surface area contributed by atoms with Crippen LogP contribution in [0.5, 0.6) is 0 Å². The molecule has 5 N–H and O–H groups in total. The molecule has 0 rings (SSSR count). The van der Waals surface area contributed by atoms with Crippen molar-refractivity contribution in [1.29, 1.82) is 0 Å². The van der Waals surface area contributed by atoms with Crippen LogP contribution in [0.4, 0.5) is 0 Å². The fourth-order valence-corrected chi connectivity index (χ4v) is 1.24. The van der Waals surface area contributed by atoms with E-state index < -0.39 is 12.0 Å². The lowest BCUT2D eigenvalue weighted by Gasteiger charge is -2.22. The summed E-state index contributed by atoms with van der Waals surface area (Å²) < 4.78 is 5.38. The third-order valence-corrected chi connectivity index (χ3v) is 2.05. The van der Waals surface area contributed by atoms with Crippen LogP contribution in [0.3, 0.4) is 0 Å². The highest BCUT2D eigenvalue weighted by atomic mass is 16.5. The number of carboxylic acid groups (broad SMARTS) is 2. The first kappa shape index (κ1) is 30.7. The summed E-state index contributed by atoms with van der Waals surface area (Å²) in [5, 5.41) is 15.5. The quantitative estimate of drug-likeness (QED) is 0.340. The van der Waals surface area contributed by atoms with E-state index in [1.165, 1.54) is 0 Å². The van der Waals surface area contributed by atoms with Gasteiger partial charge in [0.1, 0.15) is 6.04 Å². The molecule has 0 saturated heterocycles. The molecule has 0 fully saturated rings. The molecule has 1 unspecified atom stereocenters. The van der Waals surface area contributed by atoms with Crippen molar-refractivity contribution in [2.24, 2.45) is 11.3 Å². The Bertz CT molecular complexity index is 284. The minimum Gasteiger partial charge on any atom is -0.483 e. The standard InChI is InChI=1S/C7H16N2O2.C7H16O.C2H6.CH2O2/c1-7(2,3)4-5(9-8)6(10)11;1-5-6-8-7(2,3)4;1-2;2-1-3/h5,9H,4,8H2,1-3H3,(H,10,11);5-6H2,1-4H3;1-2H3;1H,(H,2,3). The van der Waals surface area contributed by atoms with E-state index in [0.717, 1.165) is 13.0 Å². The van der Waals surface area contributed by atoms with Crippen LogP contribution in [0.25, 0.3) is 0 Å². The molecule has 0 aromatic rings. The van der Waals surface area contributed by atoms with Gasteiger partial charge in [0, 0.05) is 6.61 Å². The Labute approximate surface area is 147 Å². The number of ether oxygens (including phenoxy) is 1. The van der Waals surface area contributed by atoms with Crippen LogP contribution in [0.15, 0.2) is 0 Å². The van der Waals surface area contributed by atoms with Crippen molar-refractivity contribution in [2.45, 2.75) is 86.8 Å². The minimum atomic E-state index is -0.901. The highest BCUT2D eigenvalue weighted by molar-refractivity contribution is 5.73. The van der Waals surface area contributed by atoms with Crippen molar-refractivity contribution in [1.82, 2.24) is 5.43 Å². The topological polar surface area (TPSA) is 122 Å². The summed E-state index contributed by atoms with van der Waals surface area (Å²) in [5.41, 5.74) is 2.29. The summed E-state index contributed by atoms with van der Waals surface area (Å²) in [4.78, 5) is 18.8. The number of hydrogen-bond acceptors (Lipinski definition) is 5. The first-order chi connectivity index (χ1) is 10.8. The summed E-state index contributed by atoms with van der Waals surface area (Å²) in [7, 11) is 0. The number of hydrogen-bond donors (Lipinski definition) is 4. The van der Waals surface area contributed by atoms with Crippen LogP contribution < -0.4 is 11.3 Å². The second-order valence-corrected chi connectivity index (χ2v) is 6.89. The number of nitrogens with one attached hydrogen (secondary N) is 1. The van der Waals surface area contributed by atoms with Crippen molar-refractivity contribution in [3.8, 4) is 0 Å². The highest BCUT2D eigenvalue weighted by Crippen LogP contribution is 2.20. The Hall–Kier alpha value is -1.18. The van der Waals surface area contributed by atoms with Gasteiger partial charge in [-0.1, -0.05) is 41.5 Å². The second-order valence-electron chi connectivity index (χ2n) is 6.89. The van der Waals surface area contributed by atoms with Gasteiger partial charge in [-0.25, -0.2) is 5.43 Å². The monoisotopic (exact) mass is 352 g/mol. The van der Waals surface area contributed by atoms with Crippen LogP contribution in [-0.4, -0.2) is 40.9 Å². The van der Waals surface area contributed by atoms with Gasteiger partial charge in [-0.05, 0) is 39.0 Å². The Morgan fingerprint density at radius 1 is 1.21 bits per heavy atom. The molecule has 0 amide bonds. The summed E-state index contributed by atoms with van der Waals surface area (Å²) in [5.74, 6) is 4.15. The van der Waals surface area contributed by atoms with E-state index in [1.54, 1.807) is 0 Å². The molecule has 148 valence electrons. The molecule has 0 spiro atoms. The lowest BCUT2D eigenvalue weighted by atomic mass is 9.88. The van der Waals surface area contributed by atoms with Crippen LogP contribution in [-0.2, 0) is 14.3 Å². The smallest absolute Gasteiger partial charge is 0.322 e. The van der Waals surface area contributed by atoms with Crippen molar-refractivity contribution >= 4 is 12.4 Å². The maximum atomic E-state index is 10.5. The molecular weight excluding hydrogens is 312 g/mol. The second kappa shape index (κ2) is 18.2. The Kier molecular flexibility index (Phi) is 23.2. The molecule has 24 heavy (non-hydrogen) atoms. The molecule has 0 aromatic heterocycles. The fraction of sp³-hybridized carbons (Fsp3) is 0.882. The molecule has 0 radical (unpaired) electrons. The summed E-state index contributed by atoms with van der Waals surface area (Å²) >= 11 is 0. The van der Waals surface area contributed by atoms with Gasteiger partial charge in [-0.15, -0.1) is 0 Å². The van der Waals surface area contributed by atoms with Gasteiger partial charge < -0.3 is 14.9 Å². The molecule has 0 aromatic carbocycles. The highest BCUT2D eigenvalue weighted by Gasteiger charge is 2.22. The predicted molar refractivity (Wildman–Crippen MR) is 98.9 cm³/mol. The zero-order valence-corrected chi connectivity index (χ0v) is 17.0. The molecule has 0 bridgehead atoms. The maximum absolute atomic E-state index is 10.5. The summed E-state index contributed by atoms with van der Waals surface area (Å²) in [6, 6.07) is -0.644. The van der Waals surface area contributed by atoms with E-state index in [4.69, 9.17) is 25.6 Å². The molecule has 0 aliphatic heterocycles. The van der Waals surface area contributed by atoms with Gasteiger partial charge in [0.15, 0.2) is 0 Å². The van der Waals surface area contributed by atoms with Gasteiger partial charge in [0.25, 0.3) is 6.47 Å². The Morgan fingerprint density at radius 2 is 1.58 bits per heavy atom. The Morgan fingerprint density at radius 3 is 1.67 bits per heavy atom. The first-order valence-corrected chi connectivity index (χ1v) is 8.25. The van der Waals surface area contributed by atoms with Gasteiger partial charge in [-0.3, -0.25) is 15.4 Å². The van der Waals surface area contributed by atoms with Crippen molar-refractivity contribution in [3.05, 3.63) is 0 Å². The zero-order chi connectivity index (χ0) is 20.4. The van der Waals surface area contributed by atoms with E-state index in [1.807, 2.05) is 34.6 Å². The largest absolute Gasteiger partial charge is 0.483 e. The van der Waals surface area contributed by atoms with E-state index in [9.17, 15) is 4.79 Å². The van der Waals surface area contributed by atoms with E-state index in [0.29, 0.717) is 6.42 Å². The number of nitrogens with two attached hydrogens (primary N) is 1. The van der Waals surface area contributed by atoms with E-state index in [2.05, 4.69) is 33.1 Å². The molecular formula is C17H40N2O5. The fourth-order valence-electron chi connectivity index (χ4n) is 1.24. The molecule has 0 saturated carbocycles. The SMILES string of the molecule is CC.CC(C)(C)CC(NN)C(=O)O.CCCOC(C)(C)C.O=CO. The average Bonchev–Trinajstić information content (AvgIpc) is 2.44. The molecule has 0 aliphatic rings. The predicted octanol–water partition coefficient (Wildman–Crippen LogP) is 3.28. The van der Waals surface area contributed by atoms with Gasteiger partial charge in [-0.2, -0.15) is 0 Å². The van der Waals surface area contributed by atoms with Crippen LogP contribution >= 0.6 is 0 Å². The lowest BCUT2D eigenvalue weighted by Crippen LogP contribution is -2.43. The lowest BCUT2D eigenvalue weighted by molar-refractivity contribution is -0.140. The molecule has 0 aliphatic carbocycles. The van der Waals surface area contributed by atoms with Crippen LogP contribution in [0.1, 0.15) is 75.2 Å². The minimum absolute atomic E-state index is 0.0184. The molecule has 1 atom stereocenters. The average molecular weight is 353 g/mol. The van der Waals surface area contributed by atoms with Gasteiger partial charge >= 0.3 is 5.97 Å². The first-order valence-electron chi connectivity index (χ1n) is 8.25. The van der Waals surface area contributed by atoms with E-state index in [-0.39, 0.29) is 17.5 Å². The third-order valence-electron chi connectivity index (χ3n) is 2.05. The normalized spacial score (nSPS) is 11.4. The van der Waals surface area contributed by atoms with Crippen LogP contribution in [0.2, 0.25) is 0 Å². The molecule has 0 heterocycles. The maximum Gasteiger partial charge on any atom is 0.322 e. The molecule has 7 heteroatoms. The van der Waals surface area contributed by atoms with Gasteiger partial charge in [0.2, 0.25) is 0 Å². The number of rotatable bonds is 5. The number of aliphatic carboxylic acids is 1. The van der Waals surface area contributed by atoms with E-state index >= 15 is 0 Å². The number of hydrazine groups is 1. The van der Waals surface area contributed by atoms with Crippen molar-refractivity contribution in [3.63, 3.8) is 0 Å². The Balaban J connectivity index is -0.000000135. The molecule has 7 nitrogen and oxygen atoms in total. The van der Waals surface area contributed by atoms with Crippen molar-refractivity contribution < 1.29 is 24.5 Å². The van der Waals surface area contributed by atoms with Gasteiger partial charge in [0.05, 0.1) is 5.60 Å². The van der Waals surface area contributed by atoms with Crippen LogP contribution in [0, 0.1) is 5.41 Å². The summed E-state index contributed by atoms with van der Waals surface area (Å²) in [6.07, 6.45) is 1.64.